The Balaban J connectivity index is 1.74. The maximum Gasteiger partial charge on any atom is 0.309 e. The molecule has 178 valence electrons. The van der Waals surface area contributed by atoms with Gasteiger partial charge in [0.15, 0.2) is 0 Å². The molecule has 0 aliphatic rings. The van der Waals surface area contributed by atoms with Crippen LogP contribution < -0.4 is 10.1 Å². The number of ether oxygens (including phenoxy) is 1. The van der Waals surface area contributed by atoms with Crippen molar-refractivity contribution in [3.63, 3.8) is 0 Å². The number of amides is 1. The molecule has 1 N–H and O–H groups in total. The monoisotopic (exact) mass is 487 g/mol. The van der Waals surface area contributed by atoms with Gasteiger partial charge in [-0.05, 0) is 54.8 Å². The lowest BCUT2D eigenvalue weighted by Crippen LogP contribution is -2.12. The van der Waals surface area contributed by atoms with Crippen molar-refractivity contribution < 1.29 is 14.3 Å². The minimum atomic E-state index is -0.432. The van der Waals surface area contributed by atoms with Crippen molar-refractivity contribution >= 4 is 29.2 Å². The van der Waals surface area contributed by atoms with E-state index in [1.54, 1.807) is 41.1 Å². The lowest BCUT2D eigenvalue weighted by Gasteiger charge is -2.11. The summed E-state index contributed by atoms with van der Waals surface area (Å²) in [5, 5.41) is 8.07. The molecule has 35 heavy (non-hydrogen) atoms. The molecular weight excluding hydrogens is 462 g/mol. The van der Waals surface area contributed by atoms with Crippen LogP contribution in [0.5, 0.6) is 5.88 Å². The molecule has 7 heteroatoms. The molecule has 1 heterocycles. The average molecular weight is 488 g/mol. The molecule has 0 unspecified atom stereocenters. The van der Waals surface area contributed by atoms with Gasteiger partial charge in [-0.15, -0.1) is 0 Å². The van der Waals surface area contributed by atoms with E-state index in [4.69, 9.17) is 21.4 Å². The average Bonchev–Trinajstić information content (AvgIpc) is 3.19. The Morgan fingerprint density at radius 1 is 0.971 bits per heavy atom. The second-order valence-corrected chi connectivity index (χ2v) is 8.98. The number of aryl methyl sites for hydroxylation is 1. The van der Waals surface area contributed by atoms with Crippen molar-refractivity contribution in [1.29, 1.82) is 0 Å². The number of hydrogen-bond acceptors (Lipinski definition) is 4. The van der Waals surface area contributed by atoms with Crippen LogP contribution in [0.4, 0.5) is 5.69 Å². The standard InChI is InChI=1S/C28H26ClN3O3/c1-17(2)26-25(28(35-19(4)33)32(31-26)22-15-9-18(3)10-16-22)20-11-13-21(14-12-20)30-27(34)23-7-5-6-8-24(23)29/h5-17H,1-4H3,(H,30,34). The molecule has 0 radical (unpaired) electrons. The van der Waals surface area contributed by atoms with Crippen LogP contribution in [0.3, 0.4) is 0 Å². The van der Waals surface area contributed by atoms with Crippen LogP contribution >= 0.6 is 11.6 Å². The van der Waals surface area contributed by atoms with Gasteiger partial charge in [0.05, 0.1) is 27.5 Å². The molecule has 4 rings (SSSR count). The van der Waals surface area contributed by atoms with Gasteiger partial charge in [0.2, 0.25) is 5.88 Å². The van der Waals surface area contributed by atoms with E-state index in [9.17, 15) is 9.59 Å². The summed E-state index contributed by atoms with van der Waals surface area (Å²) in [4.78, 5) is 24.7. The van der Waals surface area contributed by atoms with Crippen LogP contribution in [0.1, 0.15) is 48.3 Å². The lowest BCUT2D eigenvalue weighted by molar-refractivity contribution is -0.132. The Hall–Kier alpha value is -3.90. The summed E-state index contributed by atoms with van der Waals surface area (Å²) in [5.41, 5.74) is 5.28. The molecule has 0 saturated heterocycles. The summed E-state index contributed by atoms with van der Waals surface area (Å²) >= 11 is 6.15. The van der Waals surface area contributed by atoms with E-state index in [1.807, 2.05) is 57.2 Å². The molecule has 0 fully saturated rings. The number of rotatable bonds is 6. The fourth-order valence-electron chi connectivity index (χ4n) is 3.75. The maximum atomic E-state index is 12.6. The first kappa shape index (κ1) is 24.2. The topological polar surface area (TPSA) is 73.2 Å². The van der Waals surface area contributed by atoms with Crippen LogP contribution in [0, 0.1) is 6.92 Å². The quantitative estimate of drug-likeness (QED) is 0.303. The molecule has 0 saturated carbocycles. The summed E-state index contributed by atoms with van der Waals surface area (Å²) in [6.07, 6.45) is 0. The van der Waals surface area contributed by atoms with Gasteiger partial charge < -0.3 is 10.1 Å². The minimum absolute atomic E-state index is 0.0746. The normalized spacial score (nSPS) is 10.9. The molecule has 3 aromatic carbocycles. The molecular formula is C28H26ClN3O3. The Morgan fingerprint density at radius 3 is 2.23 bits per heavy atom. The van der Waals surface area contributed by atoms with Gasteiger partial charge in [-0.3, -0.25) is 9.59 Å². The van der Waals surface area contributed by atoms with Gasteiger partial charge in [-0.2, -0.15) is 9.78 Å². The lowest BCUT2D eigenvalue weighted by atomic mass is 9.99. The van der Waals surface area contributed by atoms with E-state index in [1.165, 1.54) is 6.92 Å². The third kappa shape index (κ3) is 5.28. The van der Waals surface area contributed by atoms with Gasteiger partial charge in [-0.1, -0.05) is 67.4 Å². The zero-order valence-electron chi connectivity index (χ0n) is 20.0. The maximum absolute atomic E-state index is 12.6. The highest BCUT2D eigenvalue weighted by Crippen LogP contribution is 2.39. The summed E-state index contributed by atoms with van der Waals surface area (Å²) in [7, 11) is 0. The number of carbonyl (C=O) groups excluding carboxylic acids is 2. The van der Waals surface area contributed by atoms with E-state index < -0.39 is 5.97 Å². The number of benzene rings is 3. The Labute approximate surface area is 209 Å². The molecule has 1 aromatic heterocycles. The number of hydrogen-bond donors (Lipinski definition) is 1. The SMILES string of the molecule is CC(=O)Oc1c(-c2ccc(NC(=O)c3ccccc3Cl)cc2)c(C(C)C)nn1-c1ccc(C)cc1. The number of aromatic nitrogens is 2. The number of carbonyl (C=O) groups is 2. The van der Waals surface area contributed by atoms with E-state index in [-0.39, 0.29) is 11.8 Å². The molecule has 0 aliphatic carbocycles. The van der Waals surface area contributed by atoms with Gasteiger partial charge in [0.25, 0.3) is 5.91 Å². The van der Waals surface area contributed by atoms with Crippen molar-refractivity contribution in [1.82, 2.24) is 9.78 Å². The van der Waals surface area contributed by atoms with Crippen LogP contribution in [-0.2, 0) is 4.79 Å². The number of nitrogens with zero attached hydrogens (tertiary/aromatic N) is 2. The second kappa shape index (κ2) is 10.2. The fraction of sp³-hybridized carbons (Fsp3) is 0.179. The third-order valence-electron chi connectivity index (χ3n) is 5.49. The van der Waals surface area contributed by atoms with Crippen LogP contribution in [0.25, 0.3) is 16.8 Å². The first-order chi connectivity index (χ1) is 16.7. The molecule has 4 aromatic rings. The van der Waals surface area contributed by atoms with Gasteiger partial charge in [-0.25, -0.2) is 0 Å². The highest BCUT2D eigenvalue weighted by atomic mass is 35.5. The van der Waals surface area contributed by atoms with Crippen molar-refractivity contribution in [3.05, 3.63) is 94.6 Å². The number of halogens is 1. The van der Waals surface area contributed by atoms with Gasteiger partial charge in [0.1, 0.15) is 0 Å². The number of esters is 1. The van der Waals surface area contributed by atoms with Gasteiger partial charge in [0, 0.05) is 12.6 Å². The number of nitrogens with one attached hydrogen (secondary N) is 1. The Morgan fingerprint density at radius 2 is 1.63 bits per heavy atom. The zero-order valence-corrected chi connectivity index (χ0v) is 20.8. The van der Waals surface area contributed by atoms with Crippen LogP contribution in [0.2, 0.25) is 5.02 Å². The second-order valence-electron chi connectivity index (χ2n) is 8.57. The molecule has 0 aliphatic heterocycles. The smallest absolute Gasteiger partial charge is 0.309 e. The zero-order chi connectivity index (χ0) is 25.1. The van der Waals surface area contributed by atoms with Crippen molar-refractivity contribution in [2.75, 3.05) is 5.32 Å². The summed E-state index contributed by atoms with van der Waals surface area (Å²) < 4.78 is 7.35. The highest BCUT2D eigenvalue weighted by molar-refractivity contribution is 6.34. The van der Waals surface area contributed by atoms with Crippen LogP contribution in [0.15, 0.2) is 72.8 Å². The first-order valence-electron chi connectivity index (χ1n) is 11.3. The first-order valence-corrected chi connectivity index (χ1v) is 11.7. The fourth-order valence-corrected chi connectivity index (χ4v) is 3.97. The predicted molar refractivity (Wildman–Crippen MR) is 139 cm³/mol. The minimum Gasteiger partial charge on any atom is -0.407 e. The predicted octanol–water partition coefficient (Wildman–Crippen LogP) is 6.80. The van der Waals surface area contributed by atoms with Crippen molar-refractivity contribution in [3.8, 4) is 22.7 Å². The number of anilines is 1. The van der Waals surface area contributed by atoms with E-state index in [2.05, 4.69) is 5.32 Å². The molecule has 0 bridgehead atoms. The van der Waals surface area contributed by atoms with E-state index in [0.29, 0.717) is 22.2 Å². The summed E-state index contributed by atoms with van der Waals surface area (Å²) in [6, 6.07) is 22.1. The largest absolute Gasteiger partial charge is 0.407 e. The molecule has 1 amide bonds. The van der Waals surface area contributed by atoms with Crippen LogP contribution in [-0.4, -0.2) is 21.7 Å². The molecule has 6 nitrogen and oxygen atoms in total. The van der Waals surface area contributed by atoms with E-state index >= 15 is 0 Å². The highest BCUT2D eigenvalue weighted by Gasteiger charge is 2.25. The molecule has 0 atom stereocenters. The van der Waals surface area contributed by atoms with E-state index in [0.717, 1.165) is 28.1 Å². The summed E-state index contributed by atoms with van der Waals surface area (Å²) in [6.45, 7) is 7.47. The Bertz CT molecular complexity index is 1370. The summed E-state index contributed by atoms with van der Waals surface area (Å²) in [5.74, 6) is -0.291. The third-order valence-corrected chi connectivity index (χ3v) is 5.82. The van der Waals surface area contributed by atoms with Crippen molar-refractivity contribution in [2.24, 2.45) is 0 Å². The Kier molecular flexibility index (Phi) is 7.03. The van der Waals surface area contributed by atoms with Crippen molar-refractivity contribution in [2.45, 2.75) is 33.6 Å². The molecule has 0 spiro atoms. The van der Waals surface area contributed by atoms with Gasteiger partial charge >= 0.3 is 5.97 Å².